The summed E-state index contributed by atoms with van der Waals surface area (Å²) in [5.74, 6) is 0.675. The smallest absolute Gasteiger partial charge is 0.286 e. The summed E-state index contributed by atoms with van der Waals surface area (Å²) in [5.41, 5.74) is 1.62. The minimum Gasteiger partial charge on any atom is -0.360 e. The van der Waals surface area contributed by atoms with Gasteiger partial charge in [0.1, 0.15) is 22.1 Å². The van der Waals surface area contributed by atoms with Crippen LogP contribution in [-0.4, -0.2) is 43.3 Å². The number of nitrogens with one attached hydrogen (secondary N) is 1. The molecule has 8 nitrogen and oxygen atoms in total. The number of hydrogen-bond donors (Lipinski definition) is 1. The molecule has 0 aliphatic carbocycles. The van der Waals surface area contributed by atoms with E-state index in [0.29, 0.717) is 48.1 Å². The Morgan fingerprint density at radius 2 is 2.14 bits per heavy atom. The number of amidine groups is 1. The predicted molar refractivity (Wildman–Crippen MR) is 104 cm³/mol. The van der Waals surface area contributed by atoms with E-state index in [4.69, 9.17) is 4.52 Å². The van der Waals surface area contributed by atoms with Gasteiger partial charge in [-0.3, -0.25) is 4.79 Å². The first kappa shape index (κ1) is 18.7. The molecule has 0 radical (unpaired) electrons. The van der Waals surface area contributed by atoms with E-state index in [1.54, 1.807) is 30.0 Å². The van der Waals surface area contributed by atoms with Crippen molar-refractivity contribution in [3.8, 4) is 0 Å². The van der Waals surface area contributed by atoms with Crippen LogP contribution in [-0.2, 0) is 16.4 Å². The largest absolute Gasteiger partial charge is 0.360 e. The number of carbonyl (C=O) groups is 1. The molecule has 1 fully saturated rings. The van der Waals surface area contributed by atoms with E-state index >= 15 is 0 Å². The van der Waals surface area contributed by atoms with Crippen molar-refractivity contribution in [1.29, 1.82) is 0 Å². The van der Waals surface area contributed by atoms with Crippen molar-refractivity contribution in [1.82, 2.24) is 10.1 Å². The maximum Gasteiger partial charge on any atom is 0.286 e. The summed E-state index contributed by atoms with van der Waals surface area (Å²) in [6.07, 6.45) is 2.11. The molecule has 2 aliphatic heterocycles. The van der Waals surface area contributed by atoms with Gasteiger partial charge in [0.25, 0.3) is 15.9 Å². The molecule has 0 bridgehead atoms. The minimum absolute atomic E-state index is 0.125. The molecule has 1 saturated heterocycles. The zero-order valence-electron chi connectivity index (χ0n) is 15.8. The second-order valence-electron chi connectivity index (χ2n) is 7.08. The van der Waals surface area contributed by atoms with Crippen LogP contribution in [0.3, 0.4) is 0 Å². The number of amides is 1. The molecule has 0 saturated carbocycles. The molecule has 4 rings (SSSR count). The molecule has 2 aliphatic rings. The van der Waals surface area contributed by atoms with Crippen LogP contribution >= 0.6 is 0 Å². The van der Waals surface area contributed by atoms with Gasteiger partial charge in [0.2, 0.25) is 0 Å². The number of sulfonamides is 1. The Hall–Kier alpha value is -2.68. The molecule has 0 unspecified atom stereocenters. The van der Waals surface area contributed by atoms with Gasteiger partial charge in [-0.2, -0.15) is 8.42 Å². The van der Waals surface area contributed by atoms with Gasteiger partial charge >= 0.3 is 0 Å². The highest BCUT2D eigenvalue weighted by Crippen LogP contribution is 2.31. The van der Waals surface area contributed by atoms with E-state index in [1.807, 2.05) is 6.92 Å². The number of carbonyl (C=O) groups excluding carboxylic acids is 1. The molecule has 1 aromatic heterocycles. The van der Waals surface area contributed by atoms with Crippen LogP contribution in [0.25, 0.3) is 0 Å². The summed E-state index contributed by atoms with van der Waals surface area (Å²) < 4.78 is 34.3. The van der Waals surface area contributed by atoms with E-state index in [0.717, 1.165) is 12.8 Å². The lowest BCUT2D eigenvalue weighted by Gasteiger charge is -2.34. The van der Waals surface area contributed by atoms with Crippen molar-refractivity contribution in [3.63, 3.8) is 0 Å². The van der Waals surface area contributed by atoms with Crippen molar-refractivity contribution in [3.05, 3.63) is 41.3 Å². The average molecular weight is 402 g/mol. The van der Waals surface area contributed by atoms with Gasteiger partial charge in [-0.05, 0) is 31.9 Å². The Labute approximate surface area is 163 Å². The molecule has 9 heteroatoms. The standard InChI is InChI=1S/C19H22N4O4S/c1-3-15-17(12(2)21-27-15)19(24)23-10-6-7-13(11-23)18-20-14-8-4-5-9-16(14)28(25,26)22-18/h4-5,8-9,13H,3,6-7,10-11H2,1-2H3,(H,20,22)/t13-/m0/s1. The molecule has 3 heterocycles. The first-order chi connectivity index (χ1) is 13.4. The fourth-order valence-corrected chi connectivity index (χ4v) is 4.99. The topological polar surface area (TPSA) is 105 Å². The van der Waals surface area contributed by atoms with E-state index in [-0.39, 0.29) is 16.7 Å². The Balaban J connectivity index is 1.59. The van der Waals surface area contributed by atoms with Gasteiger partial charge in [-0.25, -0.2) is 0 Å². The molecule has 1 N–H and O–H groups in total. The van der Waals surface area contributed by atoms with Crippen molar-refractivity contribution >= 4 is 27.5 Å². The highest BCUT2D eigenvalue weighted by atomic mass is 32.2. The number of hydrogen-bond acceptors (Lipinski definition) is 6. The van der Waals surface area contributed by atoms with Crippen LogP contribution in [0.4, 0.5) is 5.69 Å². The zero-order chi connectivity index (χ0) is 19.9. The molecule has 1 amide bonds. The summed E-state index contributed by atoms with van der Waals surface area (Å²) in [5, 5.41) is 7.07. The van der Waals surface area contributed by atoms with Crippen LogP contribution in [0.1, 0.15) is 41.6 Å². The van der Waals surface area contributed by atoms with Crippen LogP contribution in [0.2, 0.25) is 0 Å². The third-order valence-corrected chi connectivity index (χ3v) is 6.56. The van der Waals surface area contributed by atoms with E-state index in [1.165, 1.54) is 6.07 Å². The number of aryl methyl sites for hydroxylation is 2. The van der Waals surface area contributed by atoms with Gasteiger partial charge < -0.3 is 14.7 Å². The Bertz CT molecular complexity index is 1060. The van der Waals surface area contributed by atoms with E-state index in [2.05, 4.69) is 14.9 Å². The van der Waals surface area contributed by atoms with Crippen LogP contribution in [0, 0.1) is 12.8 Å². The van der Waals surface area contributed by atoms with Gasteiger partial charge in [0, 0.05) is 25.4 Å². The fraction of sp³-hybridized carbons (Fsp3) is 0.421. The summed E-state index contributed by atoms with van der Waals surface area (Å²) in [4.78, 5) is 15.0. The molecular weight excluding hydrogens is 380 g/mol. The molecule has 1 atom stereocenters. The fourth-order valence-electron chi connectivity index (χ4n) is 3.79. The first-order valence-electron chi connectivity index (χ1n) is 9.36. The van der Waals surface area contributed by atoms with Crippen LogP contribution < -0.4 is 5.32 Å². The van der Waals surface area contributed by atoms with Crippen LogP contribution in [0.15, 0.2) is 38.1 Å². The highest BCUT2D eigenvalue weighted by Gasteiger charge is 2.34. The number of rotatable bonds is 3. The van der Waals surface area contributed by atoms with Gasteiger partial charge in [0.15, 0.2) is 0 Å². The minimum atomic E-state index is -3.74. The quantitative estimate of drug-likeness (QED) is 0.846. The highest BCUT2D eigenvalue weighted by molar-refractivity contribution is 7.90. The molecule has 2 aromatic rings. The molecule has 148 valence electrons. The van der Waals surface area contributed by atoms with Crippen molar-refractivity contribution < 1.29 is 17.7 Å². The monoisotopic (exact) mass is 402 g/mol. The van der Waals surface area contributed by atoms with Gasteiger partial charge in [-0.15, -0.1) is 4.40 Å². The molecule has 1 aromatic carbocycles. The molecule has 0 spiro atoms. The van der Waals surface area contributed by atoms with Crippen molar-refractivity contribution in [2.75, 3.05) is 18.4 Å². The summed E-state index contributed by atoms with van der Waals surface area (Å²) >= 11 is 0. The van der Waals surface area contributed by atoms with Gasteiger partial charge in [0.05, 0.1) is 11.4 Å². The Kier molecular flexibility index (Phi) is 4.70. The van der Waals surface area contributed by atoms with Crippen LogP contribution in [0.5, 0.6) is 0 Å². The maximum absolute atomic E-state index is 13.1. The number of para-hydroxylation sites is 1. The summed E-state index contributed by atoms with van der Waals surface area (Å²) in [7, 11) is -3.74. The number of aromatic nitrogens is 1. The van der Waals surface area contributed by atoms with Crippen molar-refractivity contribution in [2.24, 2.45) is 10.3 Å². The van der Waals surface area contributed by atoms with Crippen molar-refractivity contribution in [2.45, 2.75) is 38.0 Å². The average Bonchev–Trinajstić information content (AvgIpc) is 3.07. The third-order valence-electron chi connectivity index (χ3n) is 5.21. The first-order valence-corrected chi connectivity index (χ1v) is 10.8. The Morgan fingerprint density at radius 1 is 1.36 bits per heavy atom. The number of piperidine rings is 1. The number of likely N-dealkylation sites (tertiary alicyclic amines) is 1. The Morgan fingerprint density at radius 3 is 2.93 bits per heavy atom. The summed E-state index contributed by atoms with van der Waals surface area (Å²) in [6, 6.07) is 6.71. The number of fused-ring (bicyclic) bond motifs is 1. The number of nitrogens with zero attached hydrogens (tertiary/aromatic N) is 3. The normalized spacial score (nSPS) is 20.9. The third kappa shape index (κ3) is 3.19. The SMILES string of the molecule is CCc1onc(C)c1C(=O)N1CCC[C@H](C2=NS(=O)(=O)c3ccccc3N2)C1. The lowest BCUT2D eigenvalue weighted by atomic mass is 9.95. The lowest BCUT2D eigenvalue weighted by molar-refractivity contribution is 0.0700. The maximum atomic E-state index is 13.1. The lowest BCUT2D eigenvalue weighted by Crippen LogP contribution is -2.45. The second-order valence-corrected chi connectivity index (χ2v) is 8.66. The summed E-state index contributed by atoms with van der Waals surface area (Å²) in [6.45, 7) is 4.68. The predicted octanol–water partition coefficient (Wildman–Crippen LogP) is 2.61. The zero-order valence-corrected chi connectivity index (χ0v) is 16.6. The van der Waals surface area contributed by atoms with E-state index in [9.17, 15) is 13.2 Å². The molecular formula is C19H22N4O4S. The molecule has 28 heavy (non-hydrogen) atoms. The van der Waals surface area contributed by atoms with Gasteiger partial charge in [-0.1, -0.05) is 24.2 Å². The number of benzene rings is 1. The number of anilines is 1. The second kappa shape index (κ2) is 7.05. The van der Waals surface area contributed by atoms with E-state index < -0.39 is 10.0 Å².